The predicted octanol–water partition coefficient (Wildman–Crippen LogP) is 0.857. The van der Waals surface area contributed by atoms with Crippen LogP contribution in [-0.2, 0) is 5.41 Å². The van der Waals surface area contributed by atoms with E-state index in [1.165, 1.54) is 18.4 Å². The number of nitrogens with zero attached hydrogens (tertiary/aromatic N) is 3. The number of nitrogens with one attached hydrogen (secondary N) is 1. The summed E-state index contributed by atoms with van der Waals surface area (Å²) in [6.07, 6.45) is 2.40. The van der Waals surface area contributed by atoms with E-state index in [1.54, 1.807) is 0 Å². The molecular weight excluding hydrogens is 202 g/mol. The van der Waals surface area contributed by atoms with Gasteiger partial charge in [0.2, 0.25) is 5.82 Å². The van der Waals surface area contributed by atoms with E-state index in [2.05, 4.69) is 32.8 Å². The molecule has 1 aliphatic rings. The van der Waals surface area contributed by atoms with Crippen LogP contribution < -0.4 is 5.73 Å². The van der Waals surface area contributed by atoms with Crippen molar-refractivity contribution in [2.24, 2.45) is 5.73 Å². The first-order valence-corrected chi connectivity index (χ1v) is 5.38. The van der Waals surface area contributed by atoms with Crippen molar-refractivity contribution in [3.63, 3.8) is 0 Å². The van der Waals surface area contributed by atoms with Gasteiger partial charge in [-0.1, -0.05) is 24.3 Å². The highest BCUT2D eigenvalue weighted by molar-refractivity contribution is 5.55. The van der Waals surface area contributed by atoms with Gasteiger partial charge in [-0.3, -0.25) is 0 Å². The molecule has 1 aliphatic carbocycles. The highest BCUT2D eigenvalue weighted by Crippen LogP contribution is 2.47. The van der Waals surface area contributed by atoms with Gasteiger partial charge in [0.25, 0.3) is 0 Å². The molecule has 3 N–H and O–H groups in total. The zero-order valence-corrected chi connectivity index (χ0v) is 8.85. The molecule has 0 saturated heterocycles. The Bertz CT molecular complexity index is 470. The molecule has 5 nitrogen and oxygen atoms in total. The molecule has 0 atom stereocenters. The summed E-state index contributed by atoms with van der Waals surface area (Å²) in [5.74, 6) is 0.629. The third kappa shape index (κ3) is 1.40. The lowest BCUT2D eigenvalue weighted by molar-refractivity contribution is 0.705. The predicted molar refractivity (Wildman–Crippen MR) is 59.6 cm³/mol. The second-order valence-electron chi connectivity index (χ2n) is 4.30. The lowest BCUT2D eigenvalue weighted by atomic mass is 9.95. The summed E-state index contributed by atoms with van der Waals surface area (Å²) in [4.78, 5) is 0. The number of hydrogen-bond acceptors (Lipinski definition) is 4. The molecular formula is C11H13N5. The summed E-state index contributed by atoms with van der Waals surface area (Å²) in [7, 11) is 0. The van der Waals surface area contributed by atoms with Crippen LogP contribution in [0.3, 0.4) is 0 Å². The molecule has 0 bridgehead atoms. The molecule has 0 radical (unpaired) electrons. The Morgan fingerprint density at radius 3 is 2.50 bits per heavy atom. The van der Waals surface area contributed by atoms with Crippen molar-refractivity contribution in [1.29, 1.82) is 0 Å². The second kappa shape index (κ2) is 3.38. The SMILES string of the molecule is NCC1(c2ccc(-c3nn[nH]n3)cc2)CC1. The van der Waals surface area contributed by atoms with Gasteiger partial charge in [0, 0.05) is 17.5 Å². The highest BCUT2D eigenvalue weighted by atomic mass is 15.5. The molecule has 0 unspecified atom stereocenters. The van der Waals surface area contributed by atoms with Crippen molar-refractivity contribution < 1.29 is 0 Å². The summed E-state index contributed by atoms with van der Waals surface area (Å²) in [5.41, 5.74) is 8.34. The Hall–Kier alpha value is -1.75. The van der Waals surface area contributed by atoms with Gasteiger partial charge >= 0.3 is 0 Å². The third-order valence-electron chi connectivity index (χ3n) is 3.35. The zero-order valence-electron chi connectivity index (χ0n) is 8.85. The lowest BCUT2D eigenvalue weighted by Gasteiger charge is -2.12. The van der Waals surface area contributed by atoms with Gasteiger partial charge in [-0.05, 0) is 23.6 Å². The van der Waals surface area contributed by atoms with Crippen molar-refractivity contribution in [1.82, 2.24) is 20.6 Å². The van der Waals surface area contributed by atoms with Crippen molar-refractivity contribution in [2.45, 2.75) is 18.3 Å². The molecule has 0 amide bonds. The number of tetrazole rings is 1. The number of benzene rings is 1. The maximum Gasteiger partial charge on any atom is 0.204 e. The number of rotatable bonds is 3. The Kier molecular flexibility index (Phi) is 2.00. The van der Waals surface area contributed by atoms with Gasteiger partial charge < -0.3 is 5.73 Å². The van der Waals surface area contributed by atoms with Crippen LogP contribution in [0, 0.1) is 0 Å². The summed E-state index contributed by atoms with van der Waals surface area (Å²) >= 11 is 0. The first-order chi connectivity index (χ1) is 7.84. The van der Waals surface area contributed by atoms with Crippen molar-refractivity contribution >= 4 is 0 Å². The Morgan fingerprint density at radius 1 is 1.25 bits per heavy atom. The van der Waals surface area contributed by atoms with Crippen LogP contribution in [0.15, 0.2) is 24.3 Å². The largest absolute Gasteiger partial charge is 0.330 e. The van der Waals surface area contributed by atoms with Gasteiger partial charge in [0.15, 0.2) is 0 Å². The summed E-state index contributed by atoms with van der Waals surface area (Å²) < 4.78 is 0. The highest BCUT2D eigenvalue weighted by Gasteiger charge is 2.42. The van der Waals surface area contributed by atoms with E-state index in [9.17, 15) is 0 Å². The van der Waals surface area contributed by atoms with Crippen LogP contribution in [0.5, 0.6) is 0 Å². The first-order valence-electron chi connectivity index (χ1n) is 5.38. The molecule has 16 heavy (non-hydrogen) atoms. The number of aromatic amines is 1. The van der Waals surface area contributed by atoms with E-state index in [4.69, 9.17) is 5.73 Å². The van der Waals surface area contributed by atoms with E-state index in [-0.39, 0.29) is 5.41 Å². The normalized spacial score (nSPS) is 17.3. The number of hydrogen-bond donors (Lipinski definition) is 2. The molecule has 5 heteroatoms. The quantitative estimate of drug-likeness (QED) is 0.795. The summed E-state index contributed by atoms with van der Waals surface area (Å²) in [6, 6.07) is 8.28. The molecule has 1 aromatic heterocycles. The molecule has 2 aromatic rings. The minimum Gasteiger partial charge on any atom is -0.330 e. The van der Waals surface area contributed by atoms with E-state index in [1.807, 2.05) is 12.1 Å². The van der Waals surface area contributed by atoms with Gasteiger partial charge in [0.05, 0.1) is 0 Å². The van der Waals surface area contributed by atoms with E-state index in [0.29, 0.717) is 5.82 Å². The van der Waals surface area contributed by atoms with Gasteiger partial charge in [-0.15, -0.1) is 10.2 Å². The van der Waals surface area contributed by atoms with Crippen LogP contribution >= 0.6 is 0 Å². The van der Waals surface area contributed by atoms with Crippen LogP contribution in [0.1, 0.15) is 18.4 Å². The summed E-state index contributed by atoms with van der Waals surface area (Å²) in [6.45, 7) is 0.731. The Balaban J connectivity index is 1.91. The van der Waals surface area contributed by atoms with Gasteiger partial charge in [0.1, 0.15) is 0 Å². The molecule has 1 heterocycles. The smallest absolute Gasteiger partial charge is 0.204 e. The van der Waals surface area contributed by atoms with Gasteiger partial charge in [-0.25, -0.2) is 0 Å². The molecule has 0 aliphatic heterocycles. The van der Waals surface area contributed by atoms with Crippen molar-refractivity contribution in [3.05, 3.63) is 29.8 Å². The standard InChI is InChI=1S/C11H13N5/c12-7-11(5-6-11)9-3-1-8(2-4-9)10-13-15-16-14-10/h1-4H,5-7,12H2,(H,13,14,15,16). The molecule has 1 aromatic carbocycles. The average molecular weight is 215 g/mol. The van der Waals surface area contributed by atoms with Crippen LogP contribution in [0.2, 0.25) is 0 Å². The Labute approximate surface area is 93.1 Å². The minimum absolute atomic E-state index is 0.246. The number of nitrogens with two attached hydrogens (primary N) is 1. The lowest BCUT2D eigenvalue weighted by Crippen LogP contribution is -2.19. The molecule has 1 saturated carbocycles. The van der Waals surface area contributed by atoms with Crippen LogP contribution in [0.25, 0.3) is 11.4 Å². The topological polar surface area (TPSA) is 80.5 Å². The Morgan fingerprint density at radius 2 is 2.00 bits per heavy atom. The average Bonchev–Trinajstić information content (AvgIpc) is 2.96. The van der Waals surface area contributed by atoms with E-state index in [0.717, 1.165) is 12.1 Å². The fraction of sp³-hybridized carbons (Fsp3) is 0.364. The molecule has 1 fully saturated rings. The molecule has 82 valence electrons. The first kappa shape index (κ1) is 9.47. The fourth-order valence-corrected chi connectivity index (χ4v) is 2.02. The number of H-pyrrole nitrogens is 1. The van der Waals surface area contributed by atoms with E-state index >= 15 is 0 Å². The second-order valence-corrected chi connectivity index (χ2v) is 4.30. The van der Waals surface area contributed by atoms with Gasteiger partial charge in [-0.2, -0.15) is 5.21 Å². The molecule has 0 spiro atoms. The summed E-state index contributed by atoms with van der Waals surface area (Å²) in [5, 5.41) is 13.9. The van der Waals surface area contributed by atoms with Crippen molar-refractivity contribution in [2.75, 3.05) is 6.54 Å². The maximum atomic E-state index is 5.79. The van der Waals surface area contributed by atoms with E-state index < -0.39 is 0 Å². The van der Waals surface area contributed by atoms with Crippen molar-refractivity contribution in [3.8, 4) is 11.4 Å². The minimum atomic E-state index is 0.246. The maximum absolute atomic E-state index is 5.79. The monoisotopic (exact) mass is 215 g/mol. The third-order valence-corrected chi connectivity index (χ3v) is 3.35. The fourth-order valence-electron chi connectivity index (χ4n) is 2.02. The zero-order chi connectivity index (χ0) is 11.0. The van der Waals surface area contributed by atoms with Crippen LogP contribution in [0.4, 0.5) is 0 Å². The number of aromatic nitrogens is 4. The molecule has 3 rings (SSSR count). The van der Waals surface area contributed by atoms with Crippen LogP contribution in [-0.4, -0.2) is 27.2 Å².